The van der Waals surface area contributed by atoms with Crippen molar-refractivity contribution in [3.63, 3.8) is 0 Å². The molecule has 1 aromatic carbocycles. The van der Waals surface area contributed by atoms with Gasteiger partial charge in [0.1, 0.15) is 11.3 Å². The highest BCUT2D eigenvalue weighted by atomic mass is 19.1. The molecule has 1 atom stereocenters. The summed E-state index contributed by atoms with van der Waals surface area (Å²) in [5, 5.41) is 0.859. The van der Waals surface area contributed by atoms with Crippen LogP contribution in [-0.2, 0) is 23.3 Å². The van der Waals surface area contributed by atoms with Gasteiger partial charge in [-0.2, -0.15) is 0 Å². The number of amides is 1. The molecule has 0 spiro atoms. The summed E-state index contributed by atoms with van der Waals surface area (Å²) in [7, 11) is 6.78. The third-order valence-electron chi connectivity index (χ3n) is 7.72. The fourth-order valence-corrected chi connectivity index (χ4v) is 5.71. The molecule has 2 aromatic heterocycles. The topological polar surface area (TPSA) is 73.9 Å². The van der Waals surface area contributed by atoms with E-state index in [0.717, 1.165) is 59.2 Å². The zero-order chi connectivity index (χ0) is 26.6. The number of rotatable bonds is 6. The van der Waals surface area contributed by atoms with Gasteiger partial charge in [0.05, 0.1) is 26.2 Å². The van der Waals surface area contributed by atoms with Crippen LogP contribution in [-0.4, -0.2) is 73.1 Å². The molecule has 2 aliphatic heterocycles. The van der Waals surface area contributed by atoms with Gasteiger partial charge in [0.2, 0.25) is 5.91 Å². The van der Waals surface area contributed by atoms with Crippen LogP contribution in [0.25, 0.3) is 11.0 Å². The van der Waals surface area contributed by atoms with Crippen LogP contribution < -0.4 is 14.4 Å². The van der Waals surface area contributed by atoms with E-state index in [9.17, 15) is 4.79 Å². The monoisotopic (exact) mass is 513 g/mol. The van der Waals surface area contributed by atoms with Crippen molar-refractivity contribution >= 4 is 22.6 Å². The number of pyridine rings is 1. The van der Waals surface area contributed by atoms with Gasteiger partial charge in [-0.25, -0.2) is 13.8 Å². The van der Waals surface area contributed by atoms with E-state index in [4.69, 9.17) is 9.47 Å². The number of hydrogen-bond donors (Lipinski definition) is 1. The molecule has 37 heavy (non-hydrogen) atoms. The Hall–Kier alpha value is -3.24. The van der Waals surface area contributed by atoms with Crippen molar-refractivity contribution in [1.82, 2.24) is 19.8 Å². The molecule has 8 nitrogen and oxygen atoms in total. The molecule has 1 saturated heterocycles. The van der Waals surface area contributed by atoms with Crippen molar-refractivity contribution in [2.45, 2.75) is 44.8 Å². The van der Waals surface area contributed by atoms with Gasteiger partial charge in [0.25, 0.3) is 0 Å². The largest absolute Gasteiger partial charge is 0.493 e. The second-order valence-corrected chi connectivity index (χ2v) is 10.6. The number of fused-ring (bicyclic) bond motifs is 3. The number of methoxy groups -OCH3 is 2. The molecule has 1 amide bonds. The van der Waals surface area contributed by atoms with Crippen molar-refractivity contribution < 1.29 is 23.0 Å². The highest BCUT2D eigenvalue weighted by Crippen LogP contribution is 2.44. The Balaban J connectivity index is 1.54. The minimum absolute atomic E-state index is 0.0259. The number of nitrogens with zero attached hydrogens (tertiary/aromatic N) is 4. The number of ether oxygens (including phenoxy) is 2. The van der Waals surface area contributed by atoms with Crippen molar-refractivity contribution in [1.29, 1.82) is 0 Å². The van der Waals surface area contributed by atoms with Gasteiger partial charge in [-0.15, -0.1) is 0 Å². The lowest BCUT2D eigenvalue weighted by molar-refractivity contribution is -0.123. The minimum Gasteiger partial charge on any atom is -0.493 e. The van der Waals surface area contributed by atoms with E-state index in [2.05, 4.69) is 39.9 Å². The molecule has 0 bridgehead atoms. The Morgan fingerprint density at radius 1 is 1.16 bits per heavy atom. The van der Waals surface area contributed by atoms with Crippen LogP contribution in [0.2, 0.25) is 0 Å². The number of carbonyl (C=O) groups is 1. The number of likely N-dealkylation sites (tertiary alicyclic amines) is 1. The lowest BCUT2D eigenvalue weighted by Crippen LogP contribution is -2.48. The highest BCUT2D eigenvalue weighted by molar-refractivity contribution is 6.05. The average molecular weight is 514 g/mol. The molecule has 1 fully saturated rings. The first-order valence-corrected chi connectivity index (χ1v) is 12.4. The Morgan fingerprint density at radius 3 is 2.43 bits per heavy atom. The number of H-pyrrole nitrogens is 1. The average Bonchev–Trinajstić information content (AvgIpc) is 3.49. The Labute approximate surface area is 215 Å². The normalized spacial score (nSPS) is 19.6. The standard InChI is InChI=1S/C27H33F2N5O3/c1-27(2)21-15(12-34(26(27)35)24-22(28)19(36-5)10-20(37-6)23(24)29)11-30-25-18(21)9-16(31-25)13-33-8-7-17(14-33)32(3)4/h9-11,17H,7-8,12-14H2,1-6H3,(H,30,31). The van der Waals surface area contributed by atoms with Crippen LogP contribution in [0.3, 0.4) is 0 Å². The second-order valence-electron chi connectivity index (χ2n) is 10.6. The van der Waals surface area contributed by atoms with Crippen LogP contribution in [0.1, 0.15) is 37.1 Å². The summed E-state index contributed by atoms with van der Waals surface area (Å²) in [6, 6.07) is 3.73. The van der Waals surface area contributed by atoms with E-state index in [0.29, 0.717) is 11.7 Å². The number of benzene rings is 1. The van der Waals surface area contributed by atoms with E-state index in [1.165, 1.54) is 14.2 Å². The van der Waals surface area contributed by atoms with E-state index < -0.39 is 28.6 Å². The van der Waals surface area contributed by atoms with Gasteiger partial charge in [0.15, 0.2) is 23.1 Å². The van der Waals surface area contributed by atoms with Crippen LogP contribution in [0, 0.1) is 11.6 Å². The number of aromatic amines is 1. The summed E-state index contributed by atoms with van der Waals surface area (Å²) in [6.45, 7) is 6.30. The first-order chi connectivity index (χ1) is 17.6. The number of anilines is 1. The van der Waals surface area contributed by atoms with Crippen LogP contribution in [0.15, 0.2) is 18.3 Å². The SMILES string of the molecule is COc1cc(OC)c(F)c(N2Cc3cnc4[nH]c(CN5CCC(N(C)C)C5)cc4c3C(C)(C)C2=O)c1F. The summed E-state index contributed by atoms with van der Waals surface area (Å²) in [5.74, 6) is -2.73. The van der Waals surface area contributed by atoms with E-state index in [-0.39, 0.29) is 18.0 Å². The molecular formula is C27H33F2N5O3. The van der Waals surface area contributed by atoms with Crippen LogP contribution >= 0.6 is 0 Å². The molecule has 0 aliphatic carbocycles. The van der Waals surface area contributed by atoms with Gasteiger partial charge < -0.3 is 24.3 Å². The van der Waals surface area contributed by atoms with E-state index in [1.807, 2.05) is 0 Å². The third-order valence-corrected chi connectivity index (χ3v) is 7.72. The maximum absolute atomic E-state index is 15.3. The molecule has 198 valence electrons. The van der Waals surface area contributed by atoms with Gasteiger partial charge in [-0.05, 0) is 51.6 Å². The number of carbonyl (C=O) groups excluding carboxylic acids is 1. The van der Waals surface area contributed by atoms with Crippen molar-refractivity contribution in [2.24, 2.45) is 0 Å². The molecule has 0 saturated carbocycles. The molecule has 1 N–H and O–H groups in total. The van der Waals surface area contributed by atoms with E-state index in [1.54, 1.807) is 20.0 Å². The zero-order valence-electron chi connectivity index (χ0n) is 22.1. The minimum atomic E-state index is -1.06. The van der Waals surface area contributed by atoms with Crippen LogP contribution in [0.4, 0.5) is 14.5 Å². The van der Waals surface area contributed by atoms with Gasteiger partial charge in [0, 0.05) is 49.0 Å². The van der Waals surface area contributed by atoms with Gasteiger partial charge in [-0.1, -0.05) is 0 Å². The van der Waals surface area contributed by atoms with Crippen LogP contribution in [0.5, 0.6) is 11.5 Å². The van der Waals surface area contributed by atoms with E-state index >= 15 is 8.78 Å². The quantitative estimate of drug-likeness (QED) is 0.540. The molecule has 2 aliphatic rings. The maximum atomic E-state index is 15.3. The smallest absolute Gasteiger partial charge is 0.237 e. The fraction of sp³-hybridized carbons (Fsp3) is 0.481. The van der Waals surface area contributed by atoms with Crippen molar-refractivity contribution in [2.75, 3.05) is 46.3 Å². The van der Waals surface area contributed by atoms with Gasteiger partial charge >= 0.3 is 0 Å². The number of halogens is 2. The molecule has 5 rings (SSSR count). The second kappa shape index (κ2) is 9.25. The van der Waals surface area contributed by atoms with Crippen molar-refractivity contribution in [3.05, 3.63) is 46.8 Å². The Bertz CT molecular complexity index is 1340. The fourth-order valence-electron chi connectivity index (χ4n) is 5.71. The Kier molecular flexibility index (Phi) is 6.35. The molecule has 4 heterocycles. The summed E-state index contributed by atoms with van der Waals surface area (Å²) in [6.07, 6.45) is 2.81. The number of likely N-dealkylation sites (N-methyl/N-ethyl adjacent to an activating group) is 1. The predicted octanol–water partition coefficient (Wildman–Crippen LogP) is 3.82. The third kappa shape index (κ3) is 4.12. The number of nitrogens with one attached hydrogen (secondary N) is 1. The number of hydrogen-bond acceptors (Lipinski definition) is 6. The molecule has 0 radical (unpaired) electrons. The molecule has 1 unspecified atom stereocenters. The summed E-state index contributed by atoms with van der Waals surface area (Å²) in [5.41, 5.74) is 1.73. The highest BCUT2D eigenvalue weighted by Gasteiger charge is 2.44. The summed E-state index contributed by atoms with van der Waals surface area (Å²) >= 11 is 0. The molecule has 3 aromatic rings. The predicted molar refractivity (Wildman–Crippen MR) is 137 cm³/mol. The first-order valence-electron chi connectivity index (χ1n) is 12.4. The maximum Gasteiger partial charge on any atom is 0.237 e. The Morgan fingerprint density at radius 2 is 1.84 bits per heavy atom. The van der Waals surface area contributed by atoms with Crippen molar-refractivity contribution in [3.8, 4) is 11.5 Å². The lowest BCUT2D eigenvalue weighted by Gasteiger charge is -2.39. The van der Waals surface area contributed by atoms with Gasteiger partial charge in [-0.3, -0.25) is 9.69 Å². The molecule has 10 heteroatoms. The molecular weight excluding hydrogens is 480 g/mol. The summed E-state index contributed by atoms with van der Waals surface area (Å²) < 4.78 is 40.8. The lowest BCUT2D eigenvalue weighted by atomic mass is 9.76. The first kappa shape index (κ1) is 25.4. The zero-order valence-corrected chi connectivity index (χ0v) is 22.1. The number of aromatic nitrogens is 2. The summed E-state index contributed by atoms with van der Waals surface area (Å²) in [4.78, 5) is 27.6.